The van der Waals surface area contributed by atoms with Crippen molar-refractivity contribution >= 4 is 18.3 Å². The van der Waals surface area contributed by atoms with Crippen molar-refractivity contribution in [3.63, 3.8) is 0 Å². The van der Waals surface area contributed by atoms with E-state index >= 15 is 0 Å². The van der Waals surface area contributed by atoms with Crippen molar-refractivity contribution in [1.29, 1.82) is 0 Å². The summed E-state index contributed by atoms with van der Waals surface area (Å²) in [5.41, 5.74) is 0. The summed E-state index contributed by atoms with van der Waals surface area (Å²) in [7, 11) is -10.6. The molecule has 60 valence electrons. The zero-order chi connectivity index (χ0) is 7.00. The van der Waals surface area contributed by atoms with Crippen LogP contribution in [0.5, 0.6) is 0 Å². The van der Waals surface area contributed by atoms with E-state index in [1.165, 1.54) is 0 Å². The van der Waals surface area contributed by atoms with E-state index in [0.29, 0.717) is 0 Å². The minimum Gasteiger partial charge on any atom is -0.272 e. The fourth-order valence-corrected chi connectivity index (χ4v) is 0. The third kappa shape index (κ3) is 3.82. The molecule has 2 N–H and O–H groups in total. The fourth-order valence-electron chi connectivity index (χ4n) is 0. The van der Waals surface area contributed by atoms with E-state index in [-0.39, 0.29) is 16.5 Å². The average Bonchev–Trinajstić information content (AvgIpc) is 1.25. The molecule has 0 unspecified atom stereocenters. The summed E-state index contributed by atoms with van der Waals surface area (Å²) in [4.78, 5) is 0. The van der Waals surface area contributed by atoms with Crippen LogP contribution in [0, 0.1) is 0 Å². The first-order chi connectivity index (χ1) is 3.25. The van der Waals surface area contributed by atoms with Crippen molar-refractivity contribution in [2.75, 3.05) is 0 Å². The summed E-state index contributed by atoms with van der Waals surface area (Å²) in [5.74, 6) is 0. The Morgan fingerprint density at radius 1 is 0.778 bits per heavy atom. The molecule has 0 aromatic heterocycles. The van der Waals surface area contributed by atoms with Gasteiger partial charge < -0.3 is 0 Å². The van der Waals surface area contributed by atoms with Gasteiger partial charge >= 0.3 is 18.3 Å². The van der Waals surface area contributed by atoms with Gasteiger partial charge in [-0.05, 0) is 0 Å². The summed E-state index contributed by atoms with van der Waals surface area (Å²) in [6, 6.07) is 0. The first-order valence-corrected chi connectivity index (χ1v) is 4.60. The van der Waals surface area contributed by atoms with Gasteiger partial charge in [0.2, 0.25) is 0 Å². The summed E-state index contributed by atoms with van der Waals surface area (Å²) in [5, 5.41) is 0. The summed E-state index contributed by atoms with van der Waals surface area (Å²) >= 11 is 0. The van der Waals surface area contributed by atoms with Crippen LogP contribution in [-0.2, 0) is 34.8 Å². The first-order valence-electron chi connectivity index (χ1n) is 1.20. The molecule has 0 aliphatic carbocycles. The van der Waals surface area contributed by atoms with Gasteiger partial charge in [0.25, 0.3) is 0 Å². The van der Waals surface area contributed by atoms with Gasteiger partial charge in [-0.25, -0.2) is 0 Å². The molecule has 6 nitrogen and oxygen atoms in total. The SMILES string of the molecule is O=S(=O)(O)S(=O)(=O)O.[Ni]. The Morgan fingerprint density at radius 3 is 0.889 bits per heavy atom. The Bertz CT molecular complexity index is 223. The standard InChI is InChI=1S/Ni.H2O6S2/c;1-7(2,3)8(4,5)6/h;(H,1,2,3)(H,4,5,6). The van der Waals surface area contributed by atoms with E-state index in [9.17, 15) is 16.8 Å². The van der Waals surface area contributed by atoms with Gasteiger partial charge in [0.15, 0.2) is 0 Å². The minimum absolute atomic E-state index is 0. The van der Waals surface area contributed by atoms with Crippen molar-refractivity contribution in [2.45, 2.75) is 0 Å². The van der Waals surface area contributed by atoms with Gasteiger partial charge in [0.05, 0.1) is 0 Å². The fraction of sp³-hybridized carbons (Fsp3) is 0. The largest absolute Gasteiger partial charge is 0.397 e. The monoisotopic (exact) mass is 220 g/mol. The van der Waals surface area contributed by atoms with Gasteiger partial charge in [0.1, 0.15) is 0 Å². The topological polar surface area (TPSA) is 109 Å². The molecule has 0 saturated heterocycles. The molecule has 0 aliphatic heterocycles. The zero-order valence-corrected chi connectivity index (χ0v) is 6.28. The molecular formula is H2NiO6S2. The van der Waals surface area contributed by atoms with Gasteiger partial charge in [-0.15, -0.1) is 0 Å². The minimum atomic E-state index is -5.31. The number of hydrogen-bond donors (Lipinski definition) is 2. The van der Waals surface area contributed by atoms with Crippen LogP contribution in [-0.4, -0.2) is 25.9 Å². The van der Waals surface area contributed by atoms with E-state index in [2.05, 4.69) is 0 Å². The van der Waals surface area contributed by atoms with Crippen LogP contribution < -0.4 is 0 Å². The number of rotatable bonds is 1. The molecule has 0 amide bonds. The molecule has 0 spiro atoms. The molecule has 0 aliphatic rings. The van der Waals surface area contributed by atoms with Crippen molar-refractivity contribution < 1.29 is 42.4 Å². The van der Waals surface area contributed by atoms with Crippen molar-refractivity contribution in [3.05, 3.63) is 0 Å². The molecule has 0 aromatic rings. The van der Waals surface area contributed by atoms with Gasteiger partial charge in [-0.2, -0.15) is 16.8 Å². The van der Waals surface area contributed by atoms with E-state index in [1.807, 2.05) is 0 Å². The van der Waals surface area contributed by atoms with Gasteiger partial charge in [0, 0.05) is 16.5 Å². The van der Waals surface area contributed by atoms with Crippen LogP contribution in [0.4, 0.5) is 0 Å². The third-order valence-corrected chi connectivity index (χ3v) is 2.40. The smallest absolute Gasteiger partial charge is 0.272 e. The second-order valence-corrected chi connectivity index (χ2v) is 5.09. The number of hydrogen-bond acceptors (Lipinski definition) is 4. The van der Waals surface area contributed by atoms with Crippen molar-refractivity contribution in [3.8, 4) is 0 Å². The van der Waals surface area contributed by atoms with Crippen LogP contribution in [0.3, 0.4) is 0 Å². The van der Waals surface area contributed by atoms with E-state index < -0.39 is 18.3 Å². The quantitative estimate of drug-likeness (QED) is 0.322. The molecule has 0 rings (SSSR count). The van der Waals surface area contributed by atoms with Crippen LogP contribution in [0.25, 0.3) is 0 Å². The Balaban J connectivity index is 0. The second-order valence-electron chi connectivity index (χ2n) is 0.855. The van der Waals surface area contributed by atoms with Gasteiger partial charge in [-0.3, -0.25) is 9.11 Å². The molecule has 0 heterocycles. The average molecular weight is 221 g/mol. The zero-order valence-electron chi connectivity index (χ0n) is 3.66. The van der Waals surface area contributed by atoms with Crippen molar-refractivity contribution in [2.24, 2.45) is 0 Å². The molecule has 0 fully saturated rings. The normalized spacial score (nSPS) is 12.2. The summed E-state index contributed by atoms with van der Waals surface area (Å²) in [6.45, 7) is 0. The molecule has 9 heteroatoms. The van der Waals surface area contributed by atoms with Crippen LogP contribution in [0.1, 0.15) is 0 Å². The molecule has 0 radical (unpaired) electrons. The van der Waals surface area contributed by atoms with Crippen molar-refractivity contribution in [1.82, 2.24) is 0 Å². The van der Waals surface area contributed by atoms with Crippen LogP contribution >= 0.6 is 0 Å². The summed E-state index contributed by atoms with van der Waals surface area (Å²) < 4.78 is 52.5. The van der Waals surface area contributed by atoms with E-state index in [4.69, 9.17) is 9.11 Å². The van der Waals surface area contributed by atoms with Crippen LogP contribution in [0.2, 0.25) is 0 Å². The van der Waals surface area contributed by atoms with Crippen LogP contribution in [0.15, 0.2) is 0 Å². The predicted molar refractivity (Wildman–Crippen MR) is 23.1 cm³/mol. The Kier molecular flexibility index (Phi) is 3.92. The maximum atomic E-state index is 9.37. The van der Waals surface area contributed by atoms with Gasteiger partial charge in [-0.1, -0.05) is 0 Å². The second kappa shape index (κ2) is 2.93. The molecule has 0 bridgehead atoms. The molecule has 0 atom stereocenters. The Hall–Kier alpha value is 0.314. The van der Waals surface area contributed by atoms with E-state index in [1.54, 1.807) is 0 Å². The Labute approximate surface area is 61.1 Å². The maximum absolute atomic E-state index is 9.37. The van der Waals surface area contributed by atoms with E-state index in [0.717, 1.165) is 0 Å². The molecule has 0 aromatic carbocycles. The first kappa shape index (κ1) is 12.0. The third-order valence-electron chi connectivity index (χ3n) is 0.266. The summed E-state index contributed by atoms with van der Waals surface area (Å²) in [6.07, 6.45) is 0. The Morgan fingerprint density at radius 2 is 0.889 bits per heavy atom. The molecular weight excluding hydrogens is 219 g/mol. The predicted octanol–water partition coefficient (Wildman–Crippen LogP) is -1.33. The maximum Gasteiger partial charge on any atom is 0.397 e. The molecule has 0 saturated carbocycles. The molecule has 9 heavy (non-hydrogen) atoms.